The van der Waals surface area contributed by atoms with E-state index in [1.54, 1.807) is 14.7 Å². The summed E-state index contributed by atoms with van der Waals surface area (Å²) in [6.07, 6.45) is 3.53. The van der Waals surface area contributed by atoms with Crippen molar-refractivity contribution < 1.29 is 84.9 Å². The van der Waals surface area contributed by atoms with Crippen molar-refractivity contribution in [3.05, 3.63) is 143 Å². The van der Waals surface area contributed by atoms with Crippen LogP contribution in [0.25, 0.3) is 45.6 Å². The summed E-state index contributed by atoms with van der Waals surface area (Å²) in [5.41, 5.74) is 17.1. The number of carbonyl (C=O) groups excluding carboxylic acids is 9. The predicted octanol–water partition coefficient (Wildman–Crippen LogP) is 21.3. The fourth-order valence-corrected chi connectivity index (χ4v) is 14.6. The molecule has 5 fully saturated rings. The van der Waals surface area contributed by atoms with E-state index in [0.717, 1.165) is 103 Å². The largest absolute Gasteiger partial charge is 0.515 e. The van der Waals surface area contributed by atoms with E-state index in [9.17, 15) is 43.2 Å². The van der Waals surface area contributed by atoms with E-state index in [1.807, 2.05) is 247 Å². The van der Waals surface area contributed by atoms with Crippen LogP contribution in [0.4, 0.5) is 28.8 Å². The van der Waals surface area contributed by atoms with E-state index in [2.05, 4.69) is 95.8 Å². The summed E-state index contributed by atoms with van der Waals surface area (Å²) in [6.45, 7) is 57.4. The lowest BCUT2D eigenvalue weighted by Gasteiger charge is -2.22. The number of nitrogens with two attached hydrogens (primary N) is 2. The van der Waals surface area contributed by atoms with Gasteiger partial charge >= 0.3 is 55.6 Å². The van der Waals surface area contributed by atoms with E-state index < -0.39 is 36.8 Å². The summed E-state index contributed by atoms with van der Waals surface area (Å²) in [5.74, 6) is 5.36. The molecule has 149 heavy (non-hydrogen) atoms. The topological polar surface area (TPSA) is 493 Å². The van der Waals surface area contributed by atoms with E-state index in [4.69, 9.17) is 125 Å². The molecule has 10 N–H and O–H groups in total. The van der Waals surface area contributed by atoms with E-state index in [1.165, 1.54) is 13.8 Å². The maximum Gasteiger partial charge on any atom is 0.515 e. The highest BCUT2D eigenvalue weighted by molar-refractivity contribution is 6.67. The third-order valence-electron chi connectivity index (χ3n) is 21.3. The van der Waals surface area contributed by atoms with Crippen molar-refractivity contribution in [3.63, 3.8) is 0 Å². The van der Waals surface area contributed by atoms with Gasteiger partial charge in [-0.2, -0.15) is 19.9 Å². The van der Waals surface area contributed by atoms with Crippen molar-refractivity contribution in [2.24, 2.45) is 23.3 Å². The van der Waals surface area contributed by atoms with Gasteiger partial charge in [0, 0.05) is 147 Å². The van der Waals surface area contributed by atoms with E-state index in [-0.39, 0.29) is 95.9 Å². The Morgan fingerprint density at radius 1 is 0.416 bits per heavy atom. The number of alkyl carbamates (subject to hydrolysis) is 1. The predicted molar refractivity (Wildman–Crippen MR) is 581 cm³/mol. The van der Waals surface area contributed by atoms with Crippen molar-refractivity contribution in [3.8, 4) is 45.6 Å². The molecule has 0 saturated carbocycles. The van der Waals surface area contributed by atoms with Crippen LogP contribution < -0.4 is 43.4 Å². The molecule has 8 amide bonds. The van der Waals surface area contributed by atoms with Crippen LogP contribution in [0.1, 0.15) is 279 Å². The number of nitrogens with one attached hydrogen (secondary N) is 6. The number of benzene rings is 4. The third-order valence-corrected chi connectivity index (χ3v) is 22.0. The Morgan fingerprint density at radius 3 is 1.00 bits per heavy atom. The van der Waals surface area contributed by atoms with Crippen molar-refractivity contribution in [1.82, 2.24) is 92.1 Å². The SMILES string of the molecule is C.C.CC(C)(C)OC(=O)CC1CCN(C(=O)Cl)C1.CC(C)(C)OC(=O)CC1CCNC1.CC(C)(C)OC(=O)NC1CCN(C(=O)NCc2ccc(-c3noc(C(C)(C)C)n3)cc2)C1.CC(C)(C)c1nc(-c2ccc(CN)cc2)no1.CC(C)(C)c1nc(-c2ccc(CNC(=O)N3CCC(N)C3)cc2)no1.CC(C)=O.CC(C)NC1CCN(C(=O)NCc2ccc(-c3noc(C(C)(C)C)n3)cc2)C1.O=C(OC(Cl)(Cl)Cl)OC(Cl)(Cl)Cl. The van der Waals surface area contributed by atoms with Crippen LogP contribution in [-0.2, 0) is 85.9 Å². The number of nitrogens with zero attached hydrogens (tertiary/aromatic N) is 12. The number of urea groups is 3. The summed E-state index contributed by atoms with van der Waals surface area (Å²) in [7, 11) is 0. The highest BCUT2D eigenvalue weighted by Gasteiger charge is 2.37. The van der Waals surface area contributed by atoms with E-state index in [0.29, 0.717) is 143 Å². The van der Waals surface area contributed by atoms with Crippen LogP contribution in [0.3, 0.4) is 0 Å². The van der Waals surface area contributed by atoms with Gasteiger partial charge in [-0.15, -0.1) is 0 Å². The maximum absolute atomic E-state index is 12.5. The van der Waals surface area contributed by atoms with Crippen LogP contribution >= 0.6 is 81.2 Å². The Morgan fingerprint density at radius 2 is 0.725 bits per heavy atom. The monoisotopic (exact) mass is 2220 g/mol. The number of amides is 8. The molecular formula is C104H157Cl7N20O18. The molecule has 0 aliphatic carbocycles. The van der Waals surface area contributed by atoms with Crippen molar-refractivity contribution >= 4 is 135 Å². The van der Waals surface area contributed by atoms with Gasteiger partial charge in [0.05, 0.1) is 12.5 Å². The number of hydrogen-bond donors (Lipinski definition) is 8. The van der Waals surface area contributed by atoms with Crippen LogP contribution in [-0.4, -0.2) is 228 Å². The molecule has 5 aliphatic heterocycles. The smallest absolute Gasteiger partial charge is 0.460 e. The molecular weight excluding hydrogens is 2070 g/mol. The lowest BCUT2D eigenvalue weighted by Crippen LogP contribution is -2.43. The second kappa shape index (κ2) is 59.1. The molecule has 4 aromatic heterocycles. The average Bonchev–Trinajstić information content (AvgIpc) is 1.70. The number of alkyl halides is 6. The molecule has 5 aliphatic rings. The Labute approximate surface area is 912 Å². The zero-order valence-corrected chi connectivity index (χ0v) is 94.4. The fourth-order valence-electron chi connectivity index (χ4n) is 14.1. The van der Waals surface area contributed by atoms with Crippen LogP contribution in [0.5, 0.6) is 0 Å². The molecule has 0 radical (unpaired) electrons. The Balaban J connectivity index is 0.000000368. The van der Waals surface area contributed by atoms with Gasteiger partial charge in [-0.25, -0.2) is 24.0 Å². The highest BCUT2D eigenvalue weighted by atomic mass is 35.6. The minimum absolute atomic E-state index is 0. The second-order valence-corrected chi connectivity index (χ2v) is 48.2. The lowest BCUT2D eigenvalue weighted by atomic mass is 9.97. The van der Waals surface area contributed by atoms with Gasteiger partial charge in [0.2, 0.25) is 46.9 Å². The zero-order valence-electron chi connectivity index (χ0n) is 89.1. The quantitative estimate of drug-likeness (QED) is 0.0130. The molecule has 5 unspecified atom stereocenters. The first kappa shape index (κ1) is 131. The molecule has 45 heteroatoms. The van der Waals surface area contributed by atoms with Gasteiger partial charge in [-0.3, -0.25) is 14.4 Å². The van der Waals surface area contributed by atoms with Crippen molar-refractivity contribution in [2.45, 2.75) is 330 Å². The van der Waals surface area contributed by atoms with Gasteiger partial charge in [0.15, 0.2) is 0 Å². The summed E-state index contributed by atoms with van der Waals surface area (Å²) in [4.78, 5) is 127. The normalized spacial score (nSPS) is 16.6. The molecule has 9 heterocycles. The first-order valence-electron chi connectivity index (χ1n) is 48.7. The van der Waals surface area contributed by atoms with Crippen LogP contribution in [0.15, 0.2) is 115 Å². The Kier molecular flexibility index (Phi) is 52.0. The molecule has 4 aromatic carbocycles. The van der Waals surface area contributed by atoms with Crippen molar-refractivity contribution in [1.29, 1.82) is 0 Å². The molecule has 0 spiro atoms. The summed E-state index contributed by atoms with van der Waals surface area (Å²) in [6, 6.07) is 31.8. The number of aromatic nitrogens is 8. The molecule has 5 atom stereocenters. The van der Waals surface area contributed by atoms with Gasteiger partial charge < -0.3 is 110 Å². The van der Waals surface area contributed by atoms with Gasteiger partial charge in [0.1, 0.15) is 22.6 Å². The zero-order chi connectivity index (χ0) is 110. The molecule has 830 valence electrons. The molecule has 8 aromatic rings. The lowest BCUT2D eigenvalue weighted by molar-refractivity contribution is -0.157. The van der Waals surface area contributed by atoms with Crippen LogP contribution in [0.2, 0.25) is 0 Å². The van der Waals surface area contributed by atoms with Gasteiger partial charge in [-0.1, -0.05) is 229 Å². The number of ether oxygens (including phenoxy) is 5. The summed E-state index contributed by atoms with van der Waals surface area (Å²) in [5, 5.41) is 34.1. The second-order valence-electron chi connectivity index (χ2n) is 43.5. The van der Waals surface area contributed by atoms with Gasteiger partial charge in [-0.05, 0) is 237 Å². The van der Waals surface area contributed by atoms with Crippen LogP contribution in [0, 0.1) is 11.8 Å². The molecule has 38 nitrogen and oxygen atoms in total. The first-order valence-corrected chi connectivity index (χ1v) is 51.3. The number of carbonyl (C=O) groups is 9. The maximum atomic E-state index is 12.5. The highest BCUT2D eigenvalue weighted by Crippen LogP contribution is 2.35. The number of esters is 2. The minimum atomic E-state index is -2.24. The van der Waals surface area contributed by atoms with Crippen molar-refractivity contribution in [2.75, 3.05) is 65.4 Å². The Hall–Kier alpha value is -10.3. The number of ketones is 1. The fraction of sp³-hybridized carbons (Fsp3) is 0.606. The van der Waals surface area contributed by atoms with Gasteiger partial charge in [0.25, 0.3) is 0 Å². The molecule has 5 saturated heterocycles. The number of likely N-dealkylation sites (tertiary alicyclic amines) is 4. The number of rotatable bonds is 18. The summed E-state index contributed by atoms with van der Waals surface area (Å²) < 4.78 is 40.5. The summed E-state index contributed by atoms with van der Waals surface area (Å²) >= 11 is 35.6. The standard InChI is InChI=1S/C23H33N5O4.C21H31N5O2.C18H25N5O2.C13H17N3O.C11H18ClNO3.C10H19NO2.C3Cl6O3.C3H6O.2CH4/c1-22(2,3)19-26-18(27-32-19)16-9-7-15(8-10-16)13-24-20(29)28-12-11-17(14-28)25-21(30)31-23(4,5)6;1-14(2)23-17-10-11-26(13-17)20(27)22-12-15-6-8-16(9-7-15)18-24-19(28-25-18)21(3,4)5;1-18(2,3)16-21-15(22-25-16)13-6-4-12(5-7-13)10-20-17(24)23-9-8-14(19)11-23;1-13(2,3)12-15-11(16-17-12)10-6-4-9(8-14)5-7-10;1-11(2,3)16-9(14)6-8-4-5-13(7-8)10(12)15;1-10(2,3)13-9(12)6-8-4-5-11-7-8;4-2(5,6)11-1(10)12-3(7,8)9;1-3(2)4;;/h7-10,17H,11-14H2,1-6H3,(H,24,29)(H,25,30);6-9,14,17,23H,10-13H2,1-5H3,(H,22,27);4-7,14H,8-11,19H2,1-3H3,(H,20,24);4-7H,8,14H2,1-3H3;8H,4-7H2,1-3H3;8,11H,4-7H2,1-3H3;;1-2H3;2*1H4. The number of hydrogen-bond acceptors (Lipinski definition) is 30. The van der Waals surface area contributed by atoms with E-state index >= 15 is 0 Å². The average molecular weight is 2220 g/mol. The number of Topliss-reactive ketones (excluding diaryl/α,β-unsaturated/α-hetero) is 1. The molecule has 0 bridgehead atoms. The minimum Gasteiger partial charge on any atom is -0.460 e. The first-order chi connectivity index (χ1) is 68.0. The number of halogens is 7. The third kappa shape index (κ3) is 51.2. The Bertz CT molecular complexity index is 5450. The molecule has 13 rings (SSSR count).